The summed E-state index contributed by atoms with van der Waals surface area (Å²) < 4.78 is 30.8. The average Bonchev–Trinajstić information content (AvgIpc) is 3.17. The molecule has 0 amide bonds. The molecule has 4 rings (SSSR count). The van der Waals surface area contributed by atoms with Crippen LogP contribution in [0.1, 0.15) is 12.8 Å². The quantitative estimate of drug-likeness (QED) is 0.490. The van der Waals surface area contributed by atoms with E-state index in [0.717, 1.165) is 53.8 Å². The molecule has 9 nitrogen and oxygen atoms in total. The second kappa shape index (κ2) is 8.99. The van der Waals surface area contributed by atoms with Crippen LogP contribution in [0.4, 0.5) is 5.95 Å². The number of fused-ring (bicyclic) bond motifs is 1. The van der Waals surface area contributed by atoms with E-state index in [-0.39, 0.29) is 11.9 Å². The van der Waals surface area contributed by atoms with Crippen LogP contribution in [0.5, 0.6) is 11.5 Å². The fraction of sp³-hybridized carbons (Fsp3) is 0.400. The molecule has 1 aromatic carbocycles. The Hall–Kier alpha value is -2.69. The highest BCUT2D eigenvalue weighted by atomic mass is 32.2. The summed E-state index contributed by atoms with van der Waals surface area (Å²) in [7, 11) is 3.26. The summed E-state index contributed by atoms with van der Waals surface area (Å²) >= 11 is -1.79. The van der Waals surface area contributed by atoms with E-state index in [1.807, 2.05) is 35.5 Å². The van der Waals surface area contributed by atoms with Crippen molar-refractivity contribution in [2.75, 3.05) is 38.5 Å². The minimum Gasteiger partial charge on any atom is -0.497 e. The Bertz CT molecular complexity index is 1050. The number of likely N-dealkylation sites (tertiary alicyclic amines) is 1. The fourth-order valence-electron chi connectivity index (χ4n) is 3.77. The Labute approximate surface area is 177 Å². The molecule has 10 heteroatoms. The number of rotatable bonds is 7. The molecule has 1 unspecified atom stereocenters. The Morgan fingerprint density at radius 3 is 2.77 bits per heavy atom. The van der Waals surface area contributed by atoms with Gasteiger partial charge >= 0.3 is 0 Å². The molecule has 160 valence electrons. The minimum atomic E-state index is -1.79. The zero-order valence-corrected chi connectivity index (χ0v) is 17.7. The highest BCUT2D eigenvalue weighted by Gasteiger charge is 2.21. The van der Waals surface area contributed by atoms with Gasteiger partial charge in [-0.25, -0.2) is 9.19 Å². The van der Waals surface area contributed by atoms with Gasteiger partial charge in [-0.1, -0.05) is 0 Å². The van der Waals surface area contributed by atoms with Gasteiger partial charge in [-0.2, -0.15) is 4.98 Å². The van der Waals surface area contributed by atoms with Crippen LogP contribution in [0.3, 0.4) is 0 Å². The summed E-state index contributed by atoms with van der Waals surface area (Å²) in [4.78, 5) is 14.4. The molecule has 1 saturated heterocycles. The first-order chi connectivity index (χ1) is 14.6. The van der Waals surface area contributed by atoms with Crippen LogP contribution in [-0.4, -0.2) is 67.8 Å². The maximum absolute atomic E-state index is 11.0. The number of piperidine rings is 1. The molecule has 3 heterocycles. The molecule has 1 atom stereocenters. The van der Waals surface area contributed by atoms with Crippen LogP contribution in [0.2, 0.25) is 0 Å². The van der Waals surface area contributed by atoms with E-state index >= 15 is 0 Å². The van der Waals surface area contributed by atoms with Crippen molar-refractivity contribution in [1.82, 2.24) is 19.9 Å². The lowest BCUT2D eigenvalue weighted by Crippen LogP contribution is -2.40. The predicted octanol–water partition coefficient (Wildman–Crippen LogP) is 2.70. The first-order valence-electron chi connectivity index (χ1n) is 9.70. The van der Waals surface area contributed by atoms with Crippen molar-refractivity contribution in [2.24, 2.45) is 0 Å². The van der Waals surface area contributed by atoms with Crippen molar-refractivity contribution in [2.45, 2.75) is 18.9 Å². The number of nitrogens with one attached hydrogen (secondary N) is 2. The third kappa shape index (κ3) is 4.40. The maximum Gasteiger partial charge on any atom is 0.224 e. The Kier molecular flexibility index (Phi) is 6.16. The summed E-state index contributed by atoms with van der Waals surface area (Å²) in [6.07, 6.45) is 5.46. The maximum atomic E-state index is 11.0. The molecule has 1 aliphatic rings. The molecule has 1 aliphatic heterocycles. The van der Waals surface area contributed by atoms with E-state index in [0.29, 0.717) is 11.7 Å². The number of aromatic amines is 1. The molecule has 30 heavy (non-hydrogen) atoms. The fourth-order valence-corrected chi connectivity index (χ4v) is 4.34. The molecule has 0 bridgehead atoms. The zero-order chi connectivity index (χ0) is 21.1. The molecule has 0 aliphatic carbocycles. The third-order valence-electron chi connectivity index (χ3n) is 5.34. The van der Waals surface area contributed by atoms with Crippen LogP contribution in [0.15, 0.2) is 30.6 Å². The molecular formula is C20H25N5O4S. The van der Waals surface area contributed by atoms with Crippen molar-refractivity contribution in [3.05, 3.63) is 30.6 Å². The number of H-pyrrole nitrogens is 1. The molecule has 1 fully saturated rings. The van der Waals surface area contributed by atoms with E-state index in [2.05, 4.69) is 20.3 Å². The number of methoxy groups -OCH3 is 2. The summed E-state index contributed by atoms with van der Waals surface area (Å²) in [5.74, 6) is 2.22. The number of nitrogens with zero attached hydrogens (tertiary/aromatic N) is 3. The van der Waals surface area contributed by atoms with Gasteiger partial charge in [0, 0.05) is 54.1 Å². The zero-order valence-electron chi connectivity index (χ0n) is 16.9. The van der Waals surface area contributed by atoms with E-state index in [9.17, 15) is 4.21 Å². The average molecular weight is 432 g/mol. The van der Waals surface area contributed by atoms with Crippen molar-refractivity contribution in [1.29, 1.82) is 0 Å². The van der Waals surface area contributed by atoms with Gasteiger partial charge in [0.2, 0.25) is 5.95 Å². The third-order valence-corrected chi connectivity index (χ3v) is 5.93. The molecular weight excluding hydrogens is 406 g/mol. The molecule has 0 radical (unpaired) electrons. The SMILES string of the molecule is COc1ccc(-c2c[nH]c3nc(NC4CCN(CS(=O)O)CC4)ncc23)c(OC)c1. The predicted molar refractivity (Wildman–Crippen MR) is 116 cm³/mol. The molecule has 0 spiro atoms. The van der Waals surface area contributed by atoms with Crippen LogP contribution in [-0.2, 0) is 11.1 Å². The first-order valence-corrected chi connectivity index (χ1v) is 11.0. The van der Waals surface area contributed by atoms with Crippen molar-refractivity contribution in [3.63, 3.8) is 0 Å². The Morgan fingerprint density at radius 1 is 1.27 bits per heavy atom. The Balaban J connectivity index is 1.50. The number of hydrogen-bond acceptors (Lipinski definition) is 7. The monoisotopic (exact) mass is 431 g/mol. The van der Waals surface area contributed by atoms with Crippen molar-refractivity contribution < 1.29 is 18.2 Å². The number of aromatic nitrogens is 3. The standard InChI is InChI=1S/C20H25N5O4S/c1-28-14-3-4-15(18(9-14)29-2)16-10-21-19-17(16)11-22-20(24-19)23-13-5-7-25(8-6-13)12-30(26)27/h3-4,9-11,13H,5-8,12H2,1-2H3,(H,26,27)(H2,21,22,23,24). The largest absolute Gasteiger partial charge is 0.497 e. The lowest BCUT2D eigenvalue weighted by molar-refractivity contribution is 0.247. The van der Waals surface area contributed by atoms with Crippen LogP contribution in [0.25, 0.3) is 22.2 Å². The number of ether oxygens (including phenoxy) is 2. The van der Waals surface area contributed by atoms with Gasteiger partial charge < -0.3 is 24.3 Å². The van der Waals surface area contributed by atoms with Gasteiger partial charge in [-0.05, 0) is 25.0 Å². The Morgan fingerprint density at radius 2 is 2.07 bits per heavy atom. The normalized spacial score (nSPS) is 16.5. The lowest BCUT2D eigenvalue weighted by atomic mass is 10.1. The van der Waals surface area contributed by atoms with Crippen LogP contribution in [0, 0.1) is 0 Å². The lowest BCUT2D eigenvalue weighted by Gasteiger charge is -2.31. The summed E-state index contributed by atoms with van der Waals surface area (Å²) in [5.41, 5.74) is 2.64. The van der Waals surface area contributed by atoms with Crippen LogP contribution < -0.4 is 14.8 Å². The van der Waals surface area contributed by atoms with E-state index in [1.165, 1.54) is 0 Å². The van der Waals surface area contributed by atoms with Gasteiger partial charge in [0.05, 0.1) is 14.2 Å². The van der Waals surface area contributed by atoms with Gasteiger partial charge in [0.25, 0.3) is 0 Å². The van der Waals surface area contributed by atoms with E-state index < -0.39 is 11.1 Å². The number of anilines is 1. The van der Waals surface area contributed by atoms with Gasteiger partial charge in [-0.3, -0.25) is 4.90 Å². The van der Waals surface area contributed by atoms with Gasteiger partial charge in [0.1, 0.15) is 23.0 Å². The van der Waals surface area contributed by atoms with E-state index in [4.69, 9.17) is 14.0 Å². The smallest absolute Gasteiger partial charge is 0.224 e. The van der Waals surface area contributed by atoms with Crippen molar-refractivity contribution in [3.8, 4) is 22.6 Å². The second-order valence-electron chi connectivity index (χ2n) is 7.21. The molecule has 0 saturated carbocycles. The summed E-state index contributed by atoms with van der Waals surface area (Å²) in [5, 5.41) is 4.29. The topological polar surface area (TPSA) is 113 Å². The minimum absolute atomic E-state index is 0.204. The number of hydrogen-bond donors (Lipinski definition) is 3. The molecule has 3 aromatic rings. The molecule has 3 N–H and O–H groups in total. The van der Waals surface area contributed by atoms with Gasteiger partial charge in [-0.15, -0.1) is 0 Å². The summed E-state index contributed by atoms with van der Waals surface area (Å²) in [6, 6.07) is 5.94. The highest BCUT2D eigenvalue weighted by molar-refractivity contribution is 7.79. The van der Waals surface area contributed by atoms with Crippen molar-refractivity contribution >= 4 is 28.1 Å². The summed E-state index contributed by atoms with van der Waals surface area (Å²) in [6.45, 7) is 1.55. The second-order valence-corrected chi connectivity index (χ2v) is 8.11. The van der Waals surface area contributed by atoms with Crippen LogP contribution >= 0.6 is 0 Å². The van der Waals surface area contributed by atoms with E-state index in [1.54, 1.807) is 14.2 Å². The highest BCUT2D eigenvalue weighted by Crippen LogP contribution is 2.36. The number of benzene rings is 1. The first kappa shape index (κ1) is 20.6. The molecule has 2 aromatic heterocycles. The van der Waals surface area contributed by atoms with Gasteiger partial charge in [0.15, 0.2) is 11.1 Å².